The standard InChI is InChI=1S/C11H11ClN4O2/c1-6-7(2)18-10(16-6)5-15-11(17)8-3-14-9(12)4-13-8/h3-4H,5H2,1-2H3,(H,15,17). The van der Waals surface area contributed by atoms with Crippen LogP contribution in [0.3, 0.4) is 0 Å². The van der Waals surface area contributed by atoms with E-state index in [4.69, 9.17) is 16.0 Å². The molecular formula is C11H11ClN4O2. The summed E-state index contributed by atoms with van der Waals surface area (Å²) < 4.78 is 5.34. The SMILES string of the molecule is Cc1nc(CNC(=O)c2cnc(Cl)cn2)oc1C. The summed E-state index contributed by atoms with van der Waals surface area (Å²) in [7, 11) is 0. The fraction of sp³-hybridized carbons (Fsp3) is 0.273. The topological polar surface area (TPSA) is 80.9 Å². The fourth-order valence-electron chi connectivity index (χ4n) is 1.29. The zero-order chi connectivity index (χ0) is 13.1. The van der Waals surface area contributed by atoms with Gasteiger partial charge in [-0.3, -0.25) is 4.79 Å². The molecule has 0 aromatic carbocycles. The molecule has 2 aromatic rings. The zero-order valence-electron chi connectivity index (χ0n) is 9.90. The van der Waals surface area contributed by atoms with Gasteiger partial charge in [0.25, 0.3) is 5.91 Å². The van der Waals surface area contributed by atoms with Gasteiger partial charge in [-0.05, 0) is 13.8 Å². The molecule has 94 valence electrons. The molecule has 0 aliphatic rings. The minimum Gasteiger partial charge on any atom is -0.444 e. The highest BCUT2D eigenvalue weighted by molar-refractivity contribution is 6.29. The van der Waals surface area contributed by atoms with E-state index >= 15 is 0 Å². The number of carbonyl (C=O) groups excluding carboxylic acids is 1. The van der Waals surface area contributed by atoms with Crippen molar-refractivity contribution >= 4 is 17.5 Å². The number of halogens is 1. The third-order valence-electron chi connectivity index (χ3n) is 2.33. The molecule has 0 unspecified atom stereocenters. The van der Waals surface area contributed by atoms with E-state index in [9.17, 15) is 4.79 Å². The summed E-state index contributed by atoms with van der Waals surface area (Å²) in [6.45, 7) is 3.87. The second-order valence-electron chi connectivity index (χ2n) is 3.66. The lowest BCUT2D eigenvalue weighted by Crippen LogP contribution is -2.24. The molecule has 0 saturated carbocycles. The number of nitrogens with one attached hydrogen (secondary N) is 1. The van der Waals surface area contributed by atoms with E-state index in [1.54, 1.807) is 0 Å². The van der Waals surface area contributed by atoms with E-state index in [1.807, 2.05) is 13.8 Å². The second-order valence-corrected chi connectivity index (χ2v) is 4.04. The van der Waals surface area contributed by atoms with Crippen LogP contribution in [0.4, 0.5) is 0 Å². The van der Waals surface area contributed by atoms with Gasteiger partial charge in [0.2, 0.25) is 5.89 Å². The van der Waals surface area contributed by atoms with Crippen molar-refractivity contribution in [2.24, 2.45) is 0 Å². The Balaban J connectivity index is 1.98. The van der Waals surface area contributed by atoms with Crippen LogP contribution < -0.4 is 5.32 Å². The average Bonchev–Trinajstić information content (AvgIpc) is 2.67. The predicted octanol–water partition coefficient (Wildman–Crippen LogP) is 1.66. The van der Waals surface area contributed by atoms with Crippen molar-refractivity contribution in [1.82, 2.24) is 20.3 Å². The lowest BCUT2D eigenvalue weighted by molar-refractivity contribution is 0.0941. The van der Waals surface area contributed by atoms with Crippen LogP contribution in [-0.2, 0) is 6.54 Å². The average molecular weight is 267 g/mol. The number of amides is 1. The predicted molar refractivity (Wildman–Crippen MR) is 64.2 cm³/mol. The molecule has 0 spiro atoms. The van der Waals surface area contributed by atoms with E-state index in [0.29, 0.717) is 5.89 Å². The van der Waals surface area contributed by atoms with E-state index in [-0.39, 0.29) is 23.3 Å². The first kappa shape index (κ1) is 12.5. The molecule has 1 amide bonds. The van der Waals surface area contributed by atoms with Gasteiger partial charge >= 0.3 is 0 Å². The fourth-order valence-corrected chi connectivity index (χ4v) is 1.39. The highest BCUT2D eigenvalue weighted by Crippen LogP contribution is 2.08. The van der Waals surface area contributed by atoms with E-state index in [0.717, 1.165) is 11.5 Å². The third kappa shape index (κ3) is 2.84. The van der Waals surface area contributed by atoms with Crippen molar-refractivity contribution in [1.29, 1.82) is 0 Å². The van der Waals surface area contributed by atoms with Gasteiger partial charge in [-0.2, -0.15) is 0 Å². The zero-order valence-corrected chi connectivity index (χ0v) is 10.7. The van der Waals surface area contributed by atoms with Crippen molar-refractivity contribution in [3.05, 3.63) is 40.6 Å². The van der Waals surface area contributed by atoms with Gasteiger partial charge in [-0.1, -0.05) is 11.6 Å². The van der Waals surface area contributed by atoms with Gasteiger partial charge in [0.05, 0.1) is 24.6 Å². The van der Waals surface area contributed by atoms with Gasteiger partial charge in [-0.15, -0.1) is 0 Å². The Morgan fingerprint density at radius 3 is 2.72 bits per heavy atom. The molecule has 2 heterocycles. The first-order valence-electron chi connectivity index (χ1n) is 5.25. The monoisotopic (exact) mass is 266 g/mol. The Labute approximate surface area is 108 Å². The minimum atomic E-state index is -0.354. The molecular weight excluding hydrogens is 256 g/mol. The number of rotatable bonds is 3. The number of hydrogen-bond donors (Lipinski definition) is 1. The van der Waals surface area contributed by atoms with E-state index in [1.165, 1.54) is 12.4 Å². The number of aromatic nitrogens is 3. The van der Waals surface area contributed by atoms with E-state index in [2.05, 4.69) is 20.3 Å². The summed E-state index contributed by atoms with van der Waals surface area (Å²) in [5.74, 6) is 0.846. The van der Waals surface area contributed by atoms with Gasteiger partial charge in [0, 0.05) is 0 Å². The summed E-state index contributed by atoms with van der Waals surface area (Å²) in [5, 5.41) is 2.88. The van der Waals surface area contributed by atoms with Crippen molar-refractivity contribution in [3.8, 4) is 0 Å². The van der Waals surface area contributed by atoms with Crippen LogP contribution in [0.15, 0.2) is 16.8 Å². The molecule has 0 atom stereocenters. The second kappa shape index (κ2) is 5.14. The van der Waals surface area contributed by atoms with Crippen LogP contribution in [0, 0.1) is 13.8 Å². The lowest BCUT2D eigenvalue weighted by Gasteiger charge is -2.01. The summed E-state index contributed by atoms with van der Waals surface area (Å²) in [6, 6.07) is 0. The Morgan fingerprint density at radius 2 is 2.17 bits per heavy atom. The van der Waals surface area contributed by atoms with Crippen LogP contribution >= 0.6 is 11.6 Å². The first-order chi connectivity index (χ1) is 8.56. The van der Waals surface area contributed by atoms with Crippen LogP contribution in [-0.4, -0.2) is 20.9 Å². The summed E-state index contributed by atoms with van der Waals surface area (Å²) in [5.41, 5.74) is 1.00. The normalized spacial score (nSPS) is 10.4. The number of aryl methyl sites for hydroxylation is 2. The maximum absolute atomic E-state index is 11.7. The quantitative estimate of drug-likeness (QED) is 0.914. The Hall–Kier alpha value is -1.95. The molecule has 0 bridgehead atoms. The Bertz CT molecular complexity index is 545. The first-order valence-corrected chi connectivity index (χ1v) is 5.62. The molecule has 1 N–H and O–H groups in total. The summed E-state index contributed by atoms with van der Waals surface area (Å²) >= 11 is 5.58. The molecule has 2 rings (SSSR count). The maximum Gasteiger partial charge on any atom is 0.271 e. The van der Waals surface area contributed by atoms with Gasteiger partial charge in [0.1, 0.15) is 16.6 Å². The van der Waals surface area contributed by atoms with Crippen LogP contribution in [0.25, 0.3) is 0 Å². The largest absolute Gasteiger partial charge is 0.444 e. The summed E-state index contributed by atoms with van der Waals surface area (Å²) in [4.78, 5) is 23.5. The molecule has 0 aliphatic carbocycles. The molecule has 0 fully saturated rings. The lowest BCUT2D eigenvalue weighted by atomic mass is 10.4. The third-order valence-corrected chi connectivity index (χ3v) is 2.52. The number of oxazole rings is 1. The Morgan fingerprint density at radius 1 is 1.39 bits per heavy atom. The number of hydrogen-bond acceptors (Lipinski definition) is 5. The van der Waals surface area contributed by atoms with Crippen molar-refractivity contribution in [2.45, 2.75) is 20.4 Å². The molecule has 0 saturated heterocycles. The molecule has 18 heavy (non-hydrogen) atoms. The highest BCUT2D eigenvalue weighted by Gasteiger charge is 2.10. The molecule has 0 aliphatic heterocycles. The van der Waals surface area contributed by atoms with Crippen molar-refractivity contribution < 1.29 is 9.21 Å². The number of nitrogens with zero attached hydrogens (tertiary/aromatic N) is 3. The van der Waals surface area contributed by atoms with E-state index < -0.39 is 0 Å². The highest BCUT2D eigenvalue weighted by atomic mass is 35.5. The van der Waals surface area contributed by atoms with Crippen molar-refractivity contribution in [3.63, 3.8) is 0 Å². The van der Waals surface area contributed by atoms with Crippen LogP contribution in [0.1, 0.15) is 27.8 Å². The van der Waals surface area contributed by atoms with Gasteiger partial charge in [-0.25, -0.2) is 15.0 Å². The van der Waals surface area contributed by atoms with Crippen molar-refractivity contribution in [2.75, 3.05) is 0 Å². The van der Waals surface area contributed by atoms with Gasteiger partial charge in [0.15, 0.2) is 0 Å². The smallest absolute Gasteiger partial charge is 0.271 e. The van der Waals surface area contributed by atoms with Crippen LogP contribution in [0.5, 0.6) is 0 Å². The minimum absolute atomic E-state index is 0.194. The summed E-state index contributed by atoms with van der Waals surface area (Å²) in [6.07, 6.45) is 2.62. The molecule has 0 radical (unpaired) electrons. The maximum atomic E-state index is 11.7. The number of carbonyl (C=O) groups is 1. The van der Waals surface area contributed by atoms with Crippen LogP contribution in [0.2, 0.25) is 5.15 Å². The molecule has 7 heteroatoms. The molecule has 6 nitrogen and oxygen atoms in total. The Kier molecular flexibility index (Phi) is 3.57. The van der Waals surface area contributed by atoms with Gasteiger partial charge < -0.3 is 9.73 Å². The molecule has 2 aromatic heterocycles.